The van der Waals surface area contributed by atoms with E-state index in [0.717, 1.165) is 67.0 Å². The molecule has 0 aliphatic carbocycles. The lowest BCUT2D eigenvalue weighted by atomic mass is 10.3. The van der Waals surface area contributed by atoms with E-state index in [-0.39, 0.29) is 0 Å². The Kier molecular flexibility index (Phi) is 11.2. The number of nitrogens with one attached hydrogen (secondary N) is 2. The zero-order valence-electron chi connectivity index (χ0n) is 16.2. The minimum absolute atomic E-state index is 0.432. The van der Waals surface area contributed by atoms with E-state index in [1.165, 1.54) is 0 Å². The molecule has 160 valence electrons. The third kappa shape index (κ3) is 9.70. The van der Waals surface area contributed by atoms with E-state index < -0.39 is 0 Å². The van der Waals surface area contributed by atoms with Crippen LogP contribution < -0.4 is 11.5 Å². The summed E-state index contributed by atoms with van der Waals surface area (Å²) in [5.41, 5.74) is 13.9. The molecule has 0 aromatic carbocycles. The molecule has 0 spiro atoms. The fraction of sp³-hybridized carbons (Fsp3) is 0.529. The lowest BCUT2D eigenvalue weighted by molar-refractivity contribution is 0.377. The van der Waals surface area contributed by atoms with E-state index in [2.05, 4.69) is 20.4 Å². The molecule has 0 fully saturated rings. The molecule has 0 aliphatic heterocycles. The first-order valence-corrected chi connectivity index (χ1v) is 12.4. The topological polar surface area (TPSA) is 116 Å². The van der Waals surface area contributed by atoms with Crippen LogP contribution in [0.2, 0.25) is 0 Å². The molecular formula is C17H28N8S4. The summed E-state index contributed by atoms with van der Waals surface area (Å²) in [4.78, 5) is 4.08. The van der Waals surface area contributed by atoms with Crippen LogP contribution in [0.4, 0.5) is 0 Å². The van der Waals surface area contributed by atoms with Crippen molar-refractivity contribution in [2.45, 2.75) is 17.9 Å². The third-order valence-electron chi connectivity index (χ3n) is 4.11. The average molecular weight is 473 g/mol. The van der Waals surface area contributed by atoms with Crippen molar-refractivity contribution >= 4 is 58.2 Å². The molecule has 2 rings (SSSR count). The maximum Gasteiger partial charge on any atom is 0.166 e. The Morgan fingerprint density at radius 1 is 0.828 bits per heavy atom. The van der Waals surface area contributed by atoms with E-state index in [1.807, 2.05) is 57.9 Å². The fourth-order valence-corrected chi connectivity index (χ4v) is 4.65. The van der Waals surface area contributed by atoms with Crippen molar-refractivity contribution in [3.05, 3.63) is 35.9 Å². The Morgan fingerprint density at radius 2 is 1.28 bits per heavy atom. The van der Waals surface area contributed by atoms with Crippen molar-refractivity contribution in [3.63, 3.8) is 0 Å². The first-order valence-electron chi connectivity index (χ1n) is 9.28. The summed E-state index contributed by atoms with van der Waals surface area (Å²) in [6.45, 7) is 3.21. The van der Waals surface area contributed by atoms with Crippen LogP contribution in [0.25, 0.3) is 0 Å². The summed E-state index contributed by atoms with van der Waals surface area (Å²) in [5.74, 6) is 3.62. The molecule has 8 nitrogen and oxygen atoms in total. The Bertz CT molecular complexity index is 647. The SMILES string of the molecule is NC(=S)N(CCCN(CCSCc1cc[nH]n1)C(N)=S)CCSCc1cc[nH]n1. The number of nitrogens with two attached hydrogens (primary N) is 2. The van der Waals surface area contributed by atoms with Crippen LogP contribution in [0.3, 0.4) is 0 Å². The molecule has 2 aromatic heterocycles. The van der Waals surface area contributed by atoms with E-state index >= 15 is 0 Å². The highest BCUT2D eigenvalue weighted by atomic mass is 32.2. The number of thiocarbonyl (C=S) groups is 2. The Labute approximate surface area is 190 Å². The summed E-state index contributed by atoms with van der Waals surface area (Å²) < 4.78 is 0. The van der Waals surface area contributed by atoms with Gasteiger partial charge in [0, 0.05) is 61.6 Å². The van der Waals surface area contributed by atoms with E-state index in [4.69, 9.17) is 35.9 Å². The van der Waals surface area contributed by atoms with E-state index in [1.54, 1.807) is 0 Å². The second kappa shape index (κ2) is 13.7. The van der Waals surface area contributed by atoms with Crippen LogP contribution in [-0.4, -0.2) is 78.1 Å². The van der Waals surface area contributed by atoms with Crippen molar-refractivity contribution in [3.8, 4) is 0 Å². The highest BCUT2D eigenvalue weighted by molar-refractivity contribution is 7.98. The van der Waals surface area contributed by atoms with Crippen molar-refractivity contribution in [1.82, 2.24) is 30.2 Å². The van der Waals surface area contributed by atoms with Gasteiger partial charge in [0.15, 0.2) is 10.2 Å². The lowest BCUT2D eigenvalue weighted by Gasteiger charge is -2.26. The molecule has 2 aromatic rings. The summed E-state index contributed by atoms with van der Waals surface area (Å²) in [6.07, 6.45) is 4.56. The number of rotatable bonds is 14. The second-order valence-electron chi connectivity index (χ2n) is 6.24. The highest BCUT2D eigenvalue weighted by Crippen LogP contribution is 2.11. The fourth-order valence-electron chi connectivity index (χ4n) is 2.56. The quantitative estimate of drug-likeness (QED) is 0.239. The first kappa shape index (κ1) is 23.8. The van der Waals surface area contributed by atoms with Crippen LogP contribution >= 0.6 is 48.0 Å². The molecule has 0 saturated carbocycles. The molecule has 0 aliphatic rings. The first-order chi connectivity index (χ1) is 14.1. The van der Waals surface area contributed by atoms with Gasteiger partial charge in [0.05, 0.1) is 11.4 Å². The van der Waals surface area contributed by atoms with Crippen LogP contribution in [0.1, 0.15) is 17.8 Å². The van der Waals surface area contributed by atoms with Gasteiger partial charge in [0.1, 0.15) is 0 Å². The number of aromatic amines is 2. The smallest absolute Gasteiger partial charge is 0.166 e. The van der Waals surface area contributed by atoms with Crippen LogP contribution in [0.15, 0.2) is 24.5 Å². The van der Waals surface area contributed by atoms with Gasteiger partial charge in [-0.05, 0) is 43.0 Å². The molecule has 12 heteroatoms. The lowest BCUT2D eigenvalue weighted by Crippen LogP contribution is -2.41. The van der Waals surface area contributed by atoms with Gasteiger partial charge in [-0.1, -0.05) is 0 Å². The molecule has 0 atom stereocenters. The normalized spacial score (nSPS) is 10.8. The second-order valence-corrected chi connectivity index (χ2v) is 9.29. The molecule has 0 amide bonds. The minimum Gasteiger partial charge on any atom is -0.376 e. The van der Waals surface area contributed by atoms with E-state index in [0.29, 0.717) is 10.2 Å². The molecular weight excluding hydrogens is 445 g/mol. The number of aromatic nitrogens is 4. The molecule has 0 bridgehead atoms. The molecule has 6 N–H and O–H groups in total. The maximum absolute atomic E-state index is 5.89. The van der Waals surface area contributed by atoms with Gasteiger partial charge in [-0.25, -0.2) is 0 Å². The van der Waals surface area contributed by atoms with Crippen molar-refractivity contribution in [2.24, 2.45) is 11.5 Å². The number of thioether (sulfide) groups is 2. The van der Waals surface area contributed by atoms with Crippen molar-refractivity contribution in [1.29, 1.82) is 0 Å². The monoisotopic (exact) mass is 472 g/mol. The van der Waals surface area contributed by atoms with Crippen LogP contribution in [-0.2, 0) is 11.5 Å². The van der Waals surface area contributed by atoms with Crippen molar-refractivity contribution in [2.75, 3.05) is 37.7 Å². The Balaban J connectivity index is 1.62. The molecule has 29 heavy (non-hydrogen) atoms. The standard InChI is InChI=1S/C17H28N8S4/c18-16(26)24(8-10-28-12-14-2-4-20-22-14)6-1-7-25(17(19)27)9-11-29-13-15-3-5-21-23-15/h2-5H,1,6-13H2,(H2,18,26)(H2,19,27)(H,20,22)(H,21,23). The summed E-state index contributed by atoms with van der Waals surface area (Å²) in [5, 5.41) is 14.8. The van der Waals surface area contributed by atoms with Gasteiger partial charge in [0.25, 0.3) is 0 Å². The number of H-pyrrole nitrogens is 2. The zero-order valence-corrected chi connectivity index (χ0v) is 19.5. The number of hydrogen-bond donors (Lipinski definition) is 4. The van der Waals surface area contributed by atoms with Gasteiger partial charge < -0.3 is 21.3 Å². The van der Waals surface area contributed by atoms with Gasteiger partial charge in [0.2, 0.25) is 0 Å². The predicted molar refractivity (Wildman–Crippen MR) is 131 cm³/mol. The molecule has 0 unspecified atom stereocenters. The largest absolute Gasteiger partial charge is 0.376 e. The van der Waals surface area contributed by atoms with Crippen molar-refractivity contribution < 1.29 is 0 Å². The van der Waals surface area contributed by atoms with Crippen LogP contribution in [0.5, 0.6) is 0 Å². The van der Waals surface area contributed by atoms with E-state index in [9.17, 15) is 0 Å². The molecule has 0 saturated heterocycles. The Morgan fingerprint density at radius 3 is 1.62 bits per heavy atom. The Hall–Kier alpha value is -1.50. The summed E-state index contributed by atoms with van der Waals surface area (Å²) in [7, 11) is 0. The molecule has 0 radical (unpaired) electrons. The summed E-state index contributed by atoms with van der Waals surface area (Å²) >= 11 is 14.0. The van der Waals surface area contributed by atoms with Gasteiger partial charge in [-0.2, -0.15) is 33.7 Å². The minimum atomic E-state index is 0.432. The summed E-state index contributed by atoms with van der Waals surface area (Å²) in [6, 6.07) is 3.96. The zero-order chi connectivity index (χ0) is 20.9. The number of hydrogen-bond acceptors (Lipinski definition) is 6. The predicted octanol–water partition coefficient (Wildman–Crippen LogP) is 1.78. The van der Waals surface area contributed by atoms with Crippen LogP contribution in [0, 0.1) is 0 Å². The van der Waals surface area contributed by atoms with Gasteiger partial charge >= 0.3 is 0 Å². The maximum atomic E-state index is 5.89. The third-order valence-corrected chi connectivity index (χ3v) is 6.57. The highest BCUT2D eigenvalue weighted by Gasteiger charge is 2.10. The van der Waals surface area contributed by atoms with Gasteiger partial charge in [-0.3, -0.25) is 10.2 Å². The van der Waals surface area contributed by atoms with Gasteiger partial charge in [-0.15, -0.1) is 0 Å². The molecule has 2 heterocycles. The number of nitrogens with zero attached hydrogens (tertiary/aromatic N) is 4. The average Bonchev–Trinajstić information content (AvgIpc) is 3.38.